The van der Waals surface area contributed by atoms with Gasteiger partial charge in [0.1, 0.15) is 11.9 Å². The maximum absolute atomic E-state index is 11.0. The lowest BCUT2D eigenvalue weighted by atomic mass is 10.0. The van der Waals surface area contributed by atoms with Crippen molar-refractivity contribution in [3.63, 3.8) is 0 Å². The molecule has 0 heterocycles. The molecule has 1 aromatic rings. The molecule has 2 rings (SSSR count). The fourth-order valence-corrected chi connectivity index (χ4v) is 1.74. The Bertz CT molecular complexity index is 401. The zero-order valence-electron chi connectivity index (χ0n) is 9.64. The Morgan fingerprint density at radius 3 is 2.44 bits per heavy atom. The van der Waals surface area contributed by atoms with E-state index in [2.05, 4.69) is 26.0 Å². The van der Waals surface area contributed by atoms with Gasteiger partial charge >= 0.3 is 0 Å². The maximum atomic E-state index is 11.0. The van der Waals surface area contributed by atoms with Gasteiger partial charge in [-0.2, -0.15) is 0 Å². The predicted octanol–water partition coefficient (Wildman–Crippen LogP) is 3.09. The first-order chi connectivity index (χ1) is 7.65. The number of hydrogen-bond acceptors (Lipinski definition) is 2. The Morgan fingerprint density at radius 2 is 1.94 bits per heavy atom. The van der Waals surface area contributed by atoms with Crippen molar-refractivity contribution in [3.05, 3.63) is 42.0 Å². The van der Waals surface area contributed by atoms with E-state index in [1.165, 1.54) is 5.56 Å². The SMILES string of the molecule is CC(C)c1ccc(O[C@@H]2C=CC(=O)C2)cc1. The third-order valence-electron chi connectivity index (χ3n) is 2.73. The van der Waals surface area contributed by atoms with Crippen LogP contribution in [0.1, 0.15) is 31.7 Å². The molecule has 1 aliphatic rings. The lowest BCUT2D eigenvalue weighted by Gasteiger charge is -2.12. The van der Waals surface area contributed by atoms with Gasteiger partial charge in [-0.15, -0.1) is 0 Å². The van der Waals surface area contributed by atoms with Crippen molar-refractivity contribution >= 4 is 5.78 Å². The molecule has 0 fully saturated rings. The number of carbonyl (C=O) groups excluding carboxylic acids is 1. The second kappa shape index (κ2) is 4.52. The van der Waals surface area contributed by atoms with Gasteiger partial charge in [0.05, 0.1) is 6.42 Å². The van der Waals surface area contributed by atoms with E-state index in [0.29, 0.717) is 12.3 Å². The van der Waals surface area contributed by atoms with Gasteiger partial charge in [-0.3, -0.25) is 4.79 Å². The highest BCUT2D eigenvalue weighted by Gasteiger charge is 2.17. The van der Waals surface area contributed by atoms with Gasteiger partial charge in [-0.1, -0.05) is 26.0 Å². The van der Waals surface area contributed by atoms with Crippen LogP contribution in [0.4, 0.5) is 0 Å². The van der Waals surface area contributed by atoms with Crippen molar-refractivity contribution < 1.29 is 9.53 Å². The van der Waals surface area contributed by atoms with Crippen molar-refractivity contribution in [1.29, 1.82) is 0 Å². The minimum atomic E-state index is -0.0857. The van der Waals surface area contributed by atoms with Gasteiger partial charge in [0.25, 0.3) is 0 Å². The lowest BCUT2D eigenvalue weighted by molar-refractivity contribution is -0.114. The highest BCUT2D eigenvalue weighted by atomic mass is 16.5. The molecule has 0 saturated carbocycles. The summed E-state index contributed by atoms with van der Waals surface area (Å²) in [5.74, 6) is 1.50. The molecule has 0 saturated heterocycles. The van der Waals surface area contributed by atoms with Crippen molar-refractivity contribution in [2.45, 2.75) is 32.3 Å². The monoisotopic (exact) mass is 216 g/mol. The molecule has 1 aliphatic carbocycles. The second-order valence-electron chi connectivity index (χ2n) is 4.41. The molecule has 2 nitrogen and oxygen atoms in total. The molecule has 0 radical (unpaired) electrons. The van der Waals surface area contributed by atoms with E-state index in [1.807, 2.05) is 18.2 Å². The summed E-state index contributed by atoms with van der Waals surface area (Å²) in [5, 5.41) is 0. The number of carbonyl (C=O) groups is 1. The fraction of sp³-hybridized carbons (Fsp3) is 0.357. The topological polar surface area (TPSA) is 26.3 Å². The summed E-state index contributed by atoms with van der Waals surface area (Å²) >= 11 is 0. The minimum Gasteiger partial charge on any atom is -0.486 e. The Hall–Kier alpha value is -1.57. The molecule has 0 bridgehead atoms. The molecular weight excluding hydrogens is 200 g/mol. The number of ketones is 1. The van der Waals surface area contributed by atoms with Crippen molar-refractivity contribution in [1.82, 2.24) is 0 Å². The van der Waals surface area contributed by atoms with E-state index >= 15 is 0 Å². The van der Waals surface area contributed by atoms with Crippen LogP contribution >= 0.6 is 0 Å². The number of benzene rings is 1. The molecule has 0 spiro atoms. The number of allylic oxidation sites excluding steroid dienone is 1. The molecule has 16 heavy (non-hydrogen) atoms. The molecular formula is C14H16O2. The minimum absolute atomic E-state index is 0.0857. The first-order valence-electron chi connectivity index (χ1n) is 5.63. The highest BCUT2D eigenvalue weighted by Crippen LogP contribution is 2.21. The van der Waals surface area contributed by atoms with E-state index in [9.17, 15) is 4.79 Å². The van der Waals surface area contributed by atoms with Crippen molar-refractivity contribution in [3.8, 4) is 5.75 Å². The van der Waals surface area contributed by atoms with Crippen LogP contribution in [-0.2, 0) is 4.79 Å². The quantitative estimate of drug-likeness (QED) is 0.776. The van der Waals surface area contributed by atoms with Gasteiger partial charge < -0.3 is 4.74 Å². The third kappa shape index (κ3) is 2.51. The van der Waals surface area contributed by atoms with Gasteiger partial charge in [0, 0.05) is 0 Å². The lowest BCUT2D eigenvalue weighted by Crippen LogP contribution is -2.11. The molecule has 84 valence electrons. The summed E-state index contributed by atoms with van der Waals surface area (Å²) in [5.41, 5.74) is 1.30. The van der Waals surface area contributed by atoms with Crippen LogP contribution in [0, 0.1) is 0 Å². The second-order valence-corrected chi connectivity index (χ2v) is 4.41. The standard InChI is InChI=1S/C14H16O2/c1-10(2)11-3-6-13(7-4-11)16-14-8-5-12(15)9-14/h3-8,10,14H,9H2,1-2H3/t14-/m1/s1. The molecule has 0 unspecified atom stereocenters. The van der Waals surface area contributed by atoms with Crippen molar-refractivity contribution in [2.75, 3.05) is 0 Å². The first-order valence-corrected chi connectivity index (χ1v) is 5.63. The first kappa shape index (κ1) is 10.9. The molecule has 0 aromatic heterocycles. The van der Waals surface area contributed by atoms with Crippen molar-refractivity contribution in [2.24, 2.45) is 0 Å². The van der Waals surface area contributed by atoms with Crippen LogP contribution in [0.15, 0.2) is 36.4 Å². The number of rotatable bonds is 3. The van der Waals surface area contributed by atoms with E-state index in [1.54, 1.807) is 6.08 Å². The Morgan fingerprint density at radius 1 is 1.25 bits per heavy atom. The molecule has 1 atom stereocenters. The molecule has 1 aromatic carbocycles. The van der Waals surface area contributed by atoms with Crippen LogP contribution in [0.3, 0.4) is 0 Å². The fourth-order valence-electron chi connectivity index (χ4n) is 1.74. The number of ether oxygens (including phenoxy) is 1. The average Bonchev–Trinajstić information content (AvgIpc) is 2.65. The third-order valence-corrected chi connectivity index (χ3v) is 2.73. The summed E-state index contributed by atoms with van der Waals surface area (Å²) < 4.78 is 5.67. The van der Waals surface area contributed by atoms with E-state index in [-0.39, 0.29) is 11.9 Å². The summed E-state index contributed by atoms with van der Waals surface area (Å²) in [6.07, 6.45) is 3.79. The average molecular weight is 216 g/mol. The van der Waals surface area contributed by atoms with Crippen LogP contribution in [0.25, 0.3) is 0 Å². The summed E-state index contributed by atoms with van der Waals surface area (Å²) in [4.78, 5) is 11.0. The zero-order chi connectivity index (χ0) is 11.5. The molecule has 0 N–H and O–H groups in total. The van der Waals surface area contributed by atoms with Crippen LogP contribution in [0.5, 0.6) is 5.75 Å². The van der Waals surface area contributed by atoms with E-state index in [0.717, 1.165) is 5.75 Å². The summed E-state index contributed by atoms with van der Waals surface area (Å²) in [6, 6.07) is 8.07. The Balaban J connectivity index is 2.00. The van der Waals surface area contributed by atoms with Gasteiger partial charge in [0.2, 0.25) is 0 Å². The van der Waals surface area contributed by atoms with Gasteiger partial charge in [-0.05, 0) is 35.8 Å². The zero-order valence-corrected chi connectivity index (χ0v) is 9.64. The highest BCUT2D eigenvalue weighted by molar-refractivity contribution is 5.92. The van der Waals surface area contributed by atoms with E-state index < -0.39 is 0 Å². The van der Waals surface area contributed by atoms with Gasteiger partial charge in [0.15, 0.2) is 5.78 Å². The Kier molecular flexibility index (Phi) is 3.09. The normalized spacial score (nSPS) is 19.4. The maximum Gasteiger partial charge on any atom is 0.159 e. The van der Waals surface area contributed by atoms with Crippen LogP contribution in [0.2, 0.25) is 0 Å². The van der Waals surface area contributed by atoms with Crippen LogP contribution in [-0.4, -0.2) is 11.9 Å². The van der Waals surface area contributed by atoms with E-state index in [4.69, 9.17) is 4.74 Å². The largest absolute Gasteiger partial charge is 0.486 e. The summed E-state index contributed by atoms with van der Waals surface area (Å²) in [6.45, 7) is 4.32. The molecule has 2 heteroatoms. The molecule has 0 amide bonds. The molecule has 0 aliphatic heterocycles. The number of hydrogen-bond donors (Lipinski definition) is 0. The summed E-state index contributed by atoms with van der Waals surface area (Å²) in [7, 11) is 0. The Labute approximate surface area is 95.9 Å². The smallest absolute Gasteiger partial charge is 0.159 e. The van der Waals surface area contributed by atoms with Gasteiger partial charge in [-0.25, -0.2) is 0 Å². The predicted molar refractivity (Wildman–Crippen MR) is 63.7 cm³/mol. The van der Waals surface area contributed by atoms with Crippen LogP contribution < -0.4 is 4.74 Å².